The monoisotopic (exact) mass is 247 g/mol. The molecule has 1 aromatic heterocycles. The van der Waals surface area contributed by atoms with E-state index in [1.807, 2.05) is 44.2 Å². The van der Waals surface area contributed by atoms with E-state index in [2.05, 4.69) is 5.16 Å². The number of hydrogen-bond donors (Lipinski definition) is 1. The number of nitrogens with zero attached hydrogens (tertiary/aromatic N) is 1. The van der Waals surface area contributed by atoms with Gasteiger partial charge in [0, 0.05) is 11.6 Å². The lowest BCUT2D eigenvalue weighted by Gasteiger charge is -2.14. The van der Waals surface area contributed by atoms with Crippen LogP contribution in [0.5, 0.6) is 5.75 Å². The number of rotatable bonds is 5. The minimum atomic E-state index is -0.500. The molecule has 0 radical (unpaired) electrons. The van der Waals surface area contributed by atoms with Crippen molar-refractivity contribution in [1.29, 1.82) is 0 Å². The molecule has 2 aromatic rings. The van der Waals surface area contributed by atoms with Crippen molar-refractivity contribution in [3.63, 3.8) is 0 Å². The molecule has 0 saturated carbocycles. The van der Waals surface area contributed by atoms with Crippen LogP contribution in [0.3, 0.4) is 0 Å². The average Bonchev–Trinajstić information content (AvgIpc) is 2.81. The highest BCUT2D eigenvalue weighted by molar-refractivity contribution is 5.35. The SMILES string of the molecule is CC[C@@H](O)c1ccccc1OCc1cc(C)on1. The maximum Gasteiger partial charge on any atom is 0.134 e. The van der Waals surface area contributed by atoms with Crippen LogP contribution in [0.4, 0.5) is 0 Å². The van der Waals surface area contributed by atoms with E-state index in [0.717, 1.165) is 17.0 Å². The molecule has 4 nitrogen and oxygen atoms in total. The lowest BCUT2D eigenvalue weighted by atomic mass is 10.1. The Hall–Kier alpha value is -1.81. The van der Waals surface area contributed by atoms with Crippen molar-refractivity contribution >= 4 is 0 Å². The Balaban J connectivity index is 2.09. The van der Waals surface area contributed by atoms with Crippen LogP contribution >= 0.6 is 0 Å². The van der Waals surface area contributed by atoms with Gasteiger partial charge in [-0.1, -0.05) is 30.3 Å². The van der Waals surface area contributed by atoms with Gasteiger partial charge in [-0.3, -0.25) is 0 Å². The van der Waals surface area contributed by atoms with E-state index in [9.17, 15) is 5.11 Å². The lowest BCUT2D eigenvalue weighted by molar-refractivity contribution is 0.166. The van der Waals surface area contributed by atoms with E-state index < -0.39 is 6.10 Å². The fourth-order valence-corrected chi connectivity index (χ4v) is 1.74. The largest absolute Gasteiger partial charge is 0.487 e. The topological polar surface area (TPSA) is 55.5 Å². The minimum absolute atomic E-state index is 0.338. The van der Waals surface area contributed by atoms with Crippen LogP contribution in [0.25, 0.3) is 0 Å². The Labute approximate surface area is 106 Å². The summed E-state index contributed by atoms with van der Waals surface area (Å²) in [5, 5.41) is 13.8. The second-order valence-electron chi connectivity index (χ2n) is 4.18. The summed E-state index contributed by atoms with van der Waals surface area (Å²) in [5.41, 5.74) is 1.55. The van der Waals surface area contributed by atoms with Crippen molar-refractivity contribution in [2.24, 2.45) is 0 Å². The number of aromatic nitrogens is 1. The zero-order chi connectivity index (χ0) is 13.0. The van der Waals surface area contributed by atoms with Gasteiger partial charge in [0.2, 0.25) is 0 Å². The molecule has 0 aliphatic heterocycles. The Morgan fingerprint density at radius 1 is 1.39 bits per heavy atom. The fourth-order valence-electron chi connectivity index (χ4n) is 1.74. The third-order valence-electron chi connectivity index (χ3n) is 2.72. The molecule has 0 unspecified atom stereocenters. The zero-order valence-electron chi connectivity index (χ0n) is 10.6. The summed E-state index contributed by atoms with van der Waals surface area (Å²) in [5.74, 6) is 1.45. The van der Waals surface area contributed by atoms with Crippen molar-refractivity contribution in [2.75, 3.05) is 0 Å². The smallest absolute Gasteiger partial charge is 0.134 e. The first-order valence-electron chi connectivity index (χ1n) is 6.02. The van der Waals surface area contributed by atoms with Gasteiger partial charge < -0.3 is 14.4 Å². The number of aliphatic hydroxyl groups is 1. The molecule has 2 rings (SSSR count). The highest BCUT2D eigenvalue weighted by Crippen LogP contribution is 2.27. The van der Waals surface area contributed by atoms with Gasteiger partial charge in [0.25, 0.3) is 0 Å². The number of aryl methyl sites for hydroxylation is 1. The predicted molar refractivity (Wildman–Crippen MR) is 67.3 cm³/mol. The minimum Gasteiger partial charge on any atom is -0.487 e. The molecule has 4 heteroatoms. The van der Waals surface area contributed by atoms with Crippen LogP contribution in [0, 0.1) is 6.92 Å². The normalized spacial score (nSPS) is 12.4. The van der Waals surface area contributed by atoms with Gasteiger partial charge in [0.1, 0.15) is 23.8 Å². The first-order chi connectivity index (χ1) is 8.70. The first kappa shape index (κ1) is 12.6. The number of benzene rings is 1. The van der Waals surface area contributed by atoms with Gasteiger partial charge in [0.15, 0.2) is 0 Å². The van der Waals surface area contributed by atoms with E-state index in [4.69, 9.17) is 9.26 Å². The second-order valence-corrected chi connectivity index (χ2v) is 4.18. The molecule has 1 aromatic carbocycles. The summed E-state index contributed by atoms with van der Waals surface area (Å²) >= 11 is 0. The molecule has 0 fully saturated rings. The third-order valence-corrected chi connectivity index (χ3v) is 2.72. The van der Waals surface area contributed by atoms with E-state index in [0.29, 0.717) is 18.8 Å². The Morgan fingerprint density at radius 3 is 2.83 bits per heavy atom. The highest BCUT2D eigenvalue weighted by Gasteiger charge is 2.11. The number of para-hydroxylation sites is 1. The zero-order valence-corrected chi connectivity index (χ0v) is 10.6. The molecule has 96 valence electrons. The molecule has 0 saturated heterocycles. The van der Waals surface area contributed by atoms with Crippen LogP contribution in [-0.4, -0.2) is 10.3 Å². The molecule has 0 aliphatic rings. The molecule has 0 bridgehead atoms. The number of aliphatic hydroxyl groups excluding tert-OH is 1. The first-order valence-corrected chi connectivity index (χ1v) is 6.02. The molecule has 0 aliphatic carbocycles. The number of hydrogen-bond acceptors (Lipinski definition) is 4. The van der Waals surface area contributed by atoms with Gasteiger partial charge in [-0.05, 0) is 19.4 Å². The summed E-state index contributed by atoms with van der Waals surface area (Å²) in [4.78, 5) is 0. The van der Waals surface area contributed by atoms with Crippen molar-refractivity contribution in [3.8, 4) is 5.75 Å². The fraction of sp³-hybridized carbons (Fsp3) is 0.357. The van der Waals surface area contributed by atoms with Crippen LogP contribution in [-0.2, 0) is 6.61 Å². The predicted octanol–water partition coefficient (Wildman–Crippen LogP) is 3.01. The Morgan fingerprint density at radius 2 is 2.17 bits per heavy atom. The summed E-state index contributed by atoms with van der Waals surface area (Å²) in [6.45, 7) is 4.11. The molecular formula is C14H17NO3. The standard InChI is InChI=1S/C14H17NO3/c1-3-13(16)12-6-4-5-7-14(12)17-9-11-8-10(2)18-15-11/h4-8,13,16H,3,9H2,1-2H3/t13-/m1/s1. The highest BCUT2D eigenvalue weighted by atomic mass is 16.5. The van der Waals surface area contributed by atoms with Crippen molar-refractivity contribution < 1.29 is 14.4 Å². The maximum atomic E-state index is 9.90. The number of ether oxygens (including phenoxy) is 1. The molecule has 0 amide bonds. The average molecular weight is 247 g/mol. The van der Waals surface area contributed by atoms with Crippen molar-refractivity contribution in [2.45, 2.75) is 33.0 Å². The van der Waals surface area contributed by atoms with E-state index in [1.165, 1.54) is 0 Å². The third kappa shape index (κ3) is 2.90. The molecule has 0 spiro atoms. The molecule has 1 atom stereocenters. The summed E-state index contributed by atoms with van der Waals surface area (Å²) < 4.78 is 10.6. The van der Waals surface area contributed by atoms with E-state index >= 15 is 0 Å². The van der Waals surface area contributed by atoms with Crippen LogP contribution in [0.1, 0.15) is 36.5 Å². The lowest BCUT2D eigenvalue weighted by Crippen LogP contribution is -2.02. The van der Waals surface area contributed by atoms with Gasteiger partial charge in [-0.15, -0.1) is 0 Å². The molecule has 18 heavy (non-hydrogen) atoms. The van der Waals surface area contributed by atoms with Crippen molar-refractivity contribution in [3.05, 3.63) is 47.3 Å². The van der Waals surface area contributed by atoms with Crippen LogP contribution in [0.2, 0.25) is 0 Å². The van der Waals surface area contributed by atoms with Gasteiger partial charge >= 0.3 is 0 Å². The molecule has 1 N–H and O–H groups in total. The molecular weight excluding hydrogens is 230 g/mol. The van der Waals surface area contributed by atoms with Gasteiger partial charge in [-0.2, -0.15) is 0 Å². The Kier molecular flexibility index (Phi) is 3.99. The summed E-state index contributed by atoms with van der Waals surface area (Å²) in [6.07, 6.45) is 0.156. The molecule has 1 heterocycles. The van der Waals surface area contributed by atoms with E-state index in [-0.39, 0.29) is 0 Å². The van der Waals surface area contributed by atoms with E-state index in [1.54, 1.807) is 0 Å². The van der Waals surface area contributed by atoms with Crippen LogP contribution < -0.4 is 4.74 Å². The summed E-state index contributed by atoms with van der Waals surface area (Å²) in [6, 6.07) is 9.33. The quantitative estimate of drug-likeness (QED) is 0.882. The Bertz CT molecular complexity index is 507. The van der Waals surface area contributed by atoms with Crippen molar-refractivity contribution in [1.82, 2.24) is 5.16 Å². The summed E-state index contributed by atoms with van der Waals surface area (Å²) in [7, 11) is 0. The second kappa shape index (κ2) is 5.69. The van der Waals surface area contributed by atoms with Gasteiger partial charge in [-0.25, -0.2) is 0 Å². The van der Waals surface area contributed by atoms with Gasteiger partial charge in [0.05, 0.1) is 6.10 Å². The van der Waals surface area contributed by atoms with Crippen LogP contribution in [0.15, 0.2) is 34.9 Å². The maximum absolute atomic E-state index is 9.90.